The van der Waals surface area contributed by atoms with Gasteiger partial charge in [-0.25, -0.2) is 4.79 Å². The molecule has 1 aliphatic carbocycles. The third kappa shape index (κ3) is 2.87. The summed E-state index contributed by atoms with van der Waals surface area (Å²) >= 11 is 0. The number of halogens is 2. The summed E-state index contributed by atoms with van der Waals surface area (Å²) in [4.78, 5) is 23.1. The molecule has 0 heterocycles. The maximum absolute atomic E-state index is 12.1. The Morgan fingerprint density at radius 2 is 2.05 bits per heavy atom. The minimum absolute atomic E-state index is 0.0793. The van der Waals surface area contributed by atoms with Crippen molar-refractivity contribution in [1.82, 2.24) is 5.32 Å². The molecule has 0 aromatic heterocycles. The van der Waals surface area contributed by atoms with Crippen molar-refractivity contribution in [3.63, 3.8) is 0 Å². The minimum atomic E-state index is -2.98. The molecule has 1 saturated carbocycles. The molecule has 0 aliphatic heterocycles. The van der Waals surface area contributed by atoms with Gasteiger partial charge in [-0.15, -0.1) is 0 Å². The summed E-state index contributed by atoms with van der Waals surface area (Å²) in [5, 5.41) is 11.6. The number of carbonyl (C=O) groups is 2. The summed E-state index contributed by atoms with van der Waals surface area (Å²) in [6, 6.07) is 5.23. The lowest BCUT2D eigenvalue weighted by atomic mass is 9.76. The number of hydrogen-bond acceptors (Lipinski definition) is 3. The van der Waals surface area contributed by atoms with Gasteiger partial charge in [0.25, 0.3) is 5.91 Å². The van der Waals surface area contributed by atoms with Crippen LogP contribution in [-0.4, -0.2) is 29.1 Å². The quantitative estimate of drug-likeness (QED) is 0.868. The summed E-state index contributed by atoms with van der Waals surface area (Å²) in [7, 11) is 0. The second kappa shape index (κ2) is 5.44. The Kier molecular flexibility index (Phi) is 3.87. The lowest BCUT2D eigenvalue weighted by Gasteiger charge is -2.38. The van der Waals surface area contributed by atoms with Gasteiger partial charge in [-0.1, -0.05) is 6.07 Å². The van der Waals surface area contributed by atoms with Crippen molar-refractivity contribution in [3.05, 3.63) is 29.8 Å². The fourth-order valence-electron chi connectivity index (χ4n) is 2.03. The van der Waals surface area contributed by atoms with Crippen LogP contribution in [0.2, 0.25) is 0 Å². The van der Waals surface area contributed by atoms with Crippen LogP contribution >= 0.6 is 0 Å². The number of carboxylic acids is 1. The third-order valence-corrected chi connectivity index (χ3v) is 3.29. The molecule has 1 aromatic carbocycles. The average molecular weight is 285 g/mol. The lowest BCUT2D eigenvalue weighted by Crippen LogP contribution is -2.59. The number of benzene rings is 1. The SMILES string of the molecule is O=C(NC1(C(=O)O)CCC1)c1cccc(OC(F)F)c1. The molecule has 108 valence electrons. The van der Waals surface area contributed by atoms with E-state index in [4.69, 9.17) is 5.11 Å². The Bertz CT molecular complexity index is 529. The number of alkyl halides is 2. The van der Waals surface area contributed by atoms with Crippen molar-refractivity contribution in [3.8, 4) is 5.75 Å². The zero-order valence-electron chi connectivity index (χ0n) is 10.4. The van der Waals surface area contributed by atoms with Crippen LogP contribution in [0.1, 0.15) is 29.6 Å². The highest BCUT2D eigenvalue weighted by atomic mass is 19.3. The van der Waals surface area contributed by atoms with Gasteiger partial charge in [-0.2, -0.15) is 8.78 Å². The zero-order valence-corrected chi connectivity index (χ0v) is 10.4. The van der Waals surface area contributed by atoms with Gasteiger partial charge in [0.05, 0.1) is 0 Å². The largest absolute Gasteiger partial charge is 0.480 e. The molecule has 0 atom stereocenters. The van der Waals surface area contributed by atoms with Crippen LogP contribution in [0.3, 0.4) is 0 Å². The van der Waals surface area contributed by atoms with Crippen LogP contribution in [0.5, 0.6) is 5.75 Å². The van der Waals surface area contributed by atoms with Gasteiger partial charge in [0.2, 0.25) is 0 Å². The maximum atomic E-state index is 12.1. The number of rotatable bonds is 5. The summed E-state index contributed by atoms with van der Waals surface area (Å²) < 4.78 is 28.4. The van der Waals surface area contributed by atoms with Crippen molar-refractivity contribution in [2.24, 2.45) is 0 Å². The highest BCUT2D eigenvalue weighted by Crippen LogP contribution is 2.32. The first kappa shape index (κ1) is 14.2. The van der Waals surface area contributed by atoms with E-state index in [2.05, 4.69) is 10.1 Å². The van der Waals surface area contributed by atoms with Crippen molar-refractivity contribution < 1.29 is 28.2 Å². The summed E-state index contributed by atoms with van der Waals surface area (Å²) in [6.45, 7) is -2.98. The van der Waals surface area contributed by atoms with Gasteiger partial charge in [-0.05, 0) is 37.5 Å². The highest BCUT2D eigenvalue weighted by molar-refractivity contribution is 5.98. The van der Waals surface area contributed by atoms with E-state index in [0.29, 0.717) is 12.8 Å². The number of carbonyl (C=O) groups excluding carboxylic acids is 1. The van der Waals surface area contributed by atoms with Crippen LogP contribution in [0.15, 0.2) is 24.3 Å². The molecule has 0 unspecified atom stereocenters. The highest BCUT2D eigenvalue weighted by Gasteiger charge is 2.45. The molecule has 1 amide bonds. The zero-order chi connectivity index (χ0) is 14.8. The van der Waals surface area contributed by atoms with Crippen LogP contribution in [0, 0.1) is 0 Å². The Balaban J connectivity index is 2.11. The molecule has 20 heavy (non-hydrogen) atoms. The maximum Gasteiger partial charge on any atom is 0.387 e. The normalized spacial score (nSPS) is 16.4. The second-order valence-electron chi connectivity index (χ2n) is 4.60. The standard InChI is InChI=1S/C13H13F2NO4/c14-12(15)20-9-4-1-3-8(7-9)10(17)16-13(11(18)19)5-2-6-13/h1,3-4,7,12H,2,5-6H2,(H,16,17)(H,18,19). The molecule has 1 aromatic rings. The molecular formula is C13H13F2NO4. The first-order chi connectivity index (χ1) is 9.43. The molecule has 0 bridgehead atoms. The number of carboxylic acid groups (broad SMARTS) is 1. The lowest BCUT2D eigenvalue weighted by molar-refractivity contribution is -0.148. The van der Waals surface area contributed by atoms with Gasteiger partial charge >= 0.3 is 12.6 Å². The van der Waals surface area contributed by atoms with E-state index in [9.17, 15) is 18.4 Å². The number of aliphatic carboxylic acids is 1. The number of hydrogen-bond donors (Lipinski definition) is 2. The number of nitrogens with one attached hydrogen (secondary N) is 1. The van der Waals surface area contributed by atoms with Crippen molar-refractivity contribution >= 4 is 11.9 Å². The van der Waals surface area contributed by atoms with Gasteiger partial charge < -0.3 is 15.2 Å². The van der Waals surface area contributed by atoms with E-state index in [1.165, 1.54) is 18.2 Å². The van der Waals surface area contributed by atoms with Crippen LogP contribution in [-0.2, 0) is 4.79 Å². The summed E-state index contributed by atoms with van der Waals surface area (Å²) in [6.07, 6.45) is 1.45. The molecule has 0 saturated heterocycles. The van der Waals surface area contributed by atoms with E-state index in [1.54, 1.807) is 0 Å². The van der Waals surface area contributed by atoms with Crippen molar-refractivity contribution in [2.75, 3.05) is 0 Å². The van der Waals surface area contributed by atoms with E-state index in [0.717, 1.165) is 12.5 Å². The third-order valence-electron chi connectivity index (χ3n) is 3.29. The molecule has 2 N–H and O–H groups in total. The smallest absolute Gasteiger partial charge is 0.387 e. The van der Waals surface area contributed by atoms with Gasteiger partial charge in [0, 0.05) is 5.56 Å². The van der Waals surface area contributed by atoms with Crippen molar-refractivity contribution in [1.29, 1.82) is 0 Å². The second-order valence-corrected chi connectivity index (χ2v) is 4.60. The predicted molar refractivity (Wildman–Crippen MR) is 64.8 cm³/mol. The molecular weight excluding hydrogens is 272 g/mol. The molecule has 1 aliphatic rings. The number of ether oxygens (including phenoxy) is 1. The minimum Gasteiger partial charge on any atom is -0.480 e. The first-order valence-corrected chi connectivity index (χ1v) is 6.04. The molecule has 2 rings (SSSR count). The topological polar surface area (TPSA) is 75.6 Å². The van der Waals surface area contributed by atoms with Crippen LogP contribution in [0.25, 0.3) is 0 Å². The molecule has 1 fully saturated rings. The Labute approximate surface area is 113 Å². The average Bonchev–Trinajstić information content (AvgIpc) is 2.32. The van der Waals surface area contributed by atoms with Gasteiger partial charge in [0.15, 0.2) is 0 Å². The summed E-state index contributed by atoms with van der Waals surface area (Å²) in [5.41, 5.74) is -1.16. The van der Waals surface area contributed by atoms with E-state index >= 15 is 0 Å². The van der Waals surface area contributed by atoms with Gasteiger partial charge in [-0.3, -0.25) is 4.79 Å². The molecule has 0 spiro atoms. The van der Waals surface area contributed by atoms with Crippen LogP contribution in [0.4, 0.5) is 8.78 Å². The fraction of sp³-hybridized carbons (Fsp3) is 0.385. The summed E-state index contributed by atoms with van der Waals surface area (Å²) in [5.74, 6) is -1.85. The van der Waals surface area contributed by atoms with Gasteiger partial charge in [0.1, 0.15) is 11.3 Å². The number of amides is 1. The van der Waals surface area contributed by atoms with Crippen LogP contribution < -0.4 is 10.1 Å². The van der Waals surface area contributed by atoms with E-state index in [-0.39, 0.29) is 11.3 Å². The predicted octanol–water partition coefficient (Wildman–Crippen LogP) is 2.03. The molecule has 0 radical (unpaired) electrons. The van der Waals surface area contributed by atoms with E-state index < -0.39 is 24.0 Å². The molecule has 7 heteroatoms. The Morgan fingerprint density at radius 3 is 2.55 bits per heavy atom. The van der Waals surface area contributed by atoms with E-state index in [1.807, 2.05) is 0 Å². The fourth-order valence-corrected chi connectivity index (χ4v) is 2.03. The molecule has 5 nitrogen and oxygen atoms in total. The van der Waals surface area contributed by atoms with Crippen molar-refractivity contribution in [2.45, 2.75) is 31.4 Å². The first-order valence-electron chi connectivity index (χ1n) is 6.04. The monoisotopic (exact) mass is 285 g/mol. The Morgan fingerprint density at radius 1 is 1.35 bits per heavy atom. The Hall–Kier alpha value is -2.18.